The van der Waals surface area contributed by atoms with E-state index in [1.165, 1.54) is 11.1 Å². The molecular formula is C16H21N3O2. The van der Waals surface area contributed by atoms with Crippen LogP contribution in [0.25, 0.3) is 0 Å². The Morgan fingerprint density at radius 2 is 2.10 bits per heavy atom. The van der Waals surface area contributed by atoms with Crippen LogP contribution in [-0.2, 0) is 6.54 Å². The zero-order valence-corrected chi connectivity index (χ0v) is 12.5. The quantitative estimate of drug-likeness (QED) is 0.917. The van der Waals surface area contributed by atoms with Gasteiger partial charge in [-0.15, -0.1) is 0 Å². The zero-order valence-electron chi connectivity index (χ0n) is 12.5. The molecule has 5 heteroatoms. The van der Waals surface area contributed by atoms with Crippen LogP contribution in [-0.4, -0.2) is 29.5 Å². The maximum absolute atomic E-state index is 5.67. The third-order valence-corrected chi connectivity index (χ3v) is 3.55. The standard InChI is InChI=1S/C16H21N3O2/c1-3-17-14(11-19-10-12(2)9-18-19)13-4-5-15-16(8-13)21-7-6-20-15/h4-5,8-10,14,17H,3,6-7,11H2,1-2H3. The van der Waals surface area contributed by atoms with Crippen LogP contribution in [0.3, 0.4) is 0 Å². The van der Waals surface area contributed by atoms with Gasteiger partial charge in [0.2, 0.25) is 0 Å². The summed E-state index contributed by atoms with van der Waals surface area (Å²) in [6.07, 6.45) is 3.94. The van der Waals surface area contributed by atoms with Gasteiger partial charge in [0.05, 0.1) is 18.8 Å². The van der Waals surface area contributed by atoms with E-state index in [0.29, 0.717) is 13.2 Å². The summed E-state index contributed by atoms with van der Waals surface area (Å²) in [4.78, 5) is 0. The fraction of sp³-hybridized carbons (Fsp3) is 0.438. The van der Waals surface area contributed by atoms with Crippen molar-refractivity contribution in [3.8, 4) is 11.5 Å². The number of nitrogens with one attached hydrogen (secondary N) is 1. The lowest BCUT2D eigenvalue weighted by Gasteiger charge is -2.22. The molecule has 1 N–H and O–H groups in total. The van der Waals surface area contributed by atoms with Crippen molar-refractivity contribution < 1.29 is 9.47 Å². The fourth-order valence-electron chi connectivity index (χ4n) is 2.56. The Labute approximate surface area is 124 Å². The van der Waals surface area contributed by atoms with Crippen molar-refractivity contribution in [2.45, 2.75) is 26.4 Å². The molecule has 0 radical (unpaired) electrons. The average molecular weight is 287 g/mol. The summed E-state index contributed by atoms with van der Waals surface area (Å²) < 4.78 is 13.2. The number of nitrogens with zero attached hydrogens (tertiary/aromatic N) is 2. The van der Waals surface area contributed by atoms with E-state index in [9.17, 15) is 0 Å². The number of likely N-dealkylation sites (N-methyl/N-ethyl adjacent to an activating group) is 1. The van der Waals surface area contributed by atoms with E-state index in [4.69, 9.17) is 9.47 Å². The van der Waals surface area contributed by atoms with Gasteiger partial charge in [-0.05, 0) is 36.7 Å². The van der Waals surface area contributed by atoms with Crippen molar-refractivity contribution >= 4 is 0 Å². The van der Waals surface area contributed by atoms with E-state index in [-0.39, 0.29) is 6.04 Å². The van der Waals surface area contributed by atoms with Gasteiger partial charge in [0.25, 0.3) is 0 Å². The maximum atomic E-state index is 5.67. The lowest BCUT2D eigenvalue weighted by atomic mass is 10.1. The number of aromatic nitrogens is 2. The summed E-state index contributed by atoms with van der Waals surface area (Å²) in [7, 11) is 0. The molecule has 1 atom stereocenters. The zero-order chi connectivity index (χ0) is 14.7. The molecule has 21 heavy (non-hydrogen) atoms. The summed E-state index contributed by atoms with van der Waals surface area (Å²) in [6.45, 7) is 7.09. The smallest absolute Gasteiger partial charge is 0.161 e. The van der Waals surface area contributed by atoms with Crippen molar-refractivity contribution in [3.63, 3.8) is 0 Å². The van der Waals surface area contributed by atoms with E-state index in [1.807, 2.05) is 16.9 Å². The van der Waals surface area contributed by atoms with Gasteiger partial charge in [0.15, 0.2) is 11.5 Å². The van der Waals surface area contributed by atoms with Gasteiger partial charge in [-0.3, -0.25) is 4.68 Å². The Hall–Kier alpha value is -2.01. The second-order valence-electron chi connectivity index (χ2n) is 5.25. The minimum absolute atomic E-state index is 0.199. The molecule has 2 aromatic rings. The molecule has 112 valence electrons. The molecule has 1 aromatic carbocycles. The fourth-order valence-corrected chi connectivity index (χ4v) is 2.56. The van der Waals surface area contributed by atoms with E-state index in [0.717, 1.165) is 24.6 Å². The molecule has 1 aliphatic rings. The molecule has 0 saturated carbocycles. The highest BCUT2D eigenvalue weighted by atomic mass is 16.6. The number of aryl methyl sites for hydroxylation is 1. The molecule has 1 aliphatic heterocycles. The molecule has 2 heterocycles. The van der Waals surface area contributed by atoms with Crippen molar-refractivity contribution in [3.05, 3.63) is 41.7 Å². The van der Waals surface area contributed by atoms with Gasteiger partial charge >= 0.3 is 0 Å². The monoisotopic (exact) mass is 287 g/mol. The highest BCUT2D eigenvalue weighted by molar-refractivity contribution is 5.44. The summed E-state index contributed by atoms with van der Waals surface area (Å²) >= 11 is 0. The summed E-state index contributed by atoms with van der Waals surface area (Å²) in [5.74, 6) is 1.66. The van der Waals surface area contributed by atoms with Gasteiger partial charge in [-0.1, -0.05) is 13.0 Å². The number of rotatable bonds is 5. The van der Waals surface area contributed by atoms with Crippen LogP contribution in [0.1, 0.15) is 24.1 Å². The van der Waals surface area contributed by atoms with Gasteiger partial charge in [0, 0.05) is 6.20 Å². The average Bonchev–Trinajstić information content (AvgIpc) is 2.91. The van der Waals surface area contributed by atoms with Crippen molar-refractivity contribution in [2.24, 2.45) is 0 Å². The predicted molar refractivity (Wildman–Crippen MR) is 80.8 cm³/mol. The summed E-state index contributed by atoms with van der Waals surface area (Å²) in [5, 5.41) is 7.88. The minimum atomic E-state index is 0.199. The Kier molecular flexibility index (Phi) is 4.10. The molecule has 0 aliphatic carbocycles. The number of benzene rings is 1. The molecule has 0 bridgehead atoms. The molecule has 3 rings (SSSR count). The van der Waals surface area contributed by atoms with E-state index >= 15 is 0 Å². The van der Waals surface area contributed by atoms with Crippen LogP contribution in [0.2, 0.25) is 0 Å². The van der Waals surface area contributed by atoms with Gasteiger partial charge in [-0.25, -0.2) is 0 Å². The van der Waals surface area contributed by atoms with Crippen molar-refractivity contribution in [2.75, 3.05) is 19.8 Å². The van der Waals surface area contributed by atoms with E-state index < -0.39 is 0 Å². The first-order chi connectivity index (χ1) is 10.3. The molecule has 0 amide bonds. The van der Waals surface area contributed by atoms with Crippen LogP contribution < -0.4 is 14.8 Å². The number of ether oxygens (including phenoxy) is 2. The lowest BCUT2D eigenvalue weighted by Crippen LogP contribution is -2.26. The van der Waals surface area contributed by atoms with Crippen LogP contribution >= 0.6 is 0 Å². The molecule has 1 aromatic heterocycles. The highest BCUT2D eigenvalue weighted by Gasteiger charge is 2.17. The van der Waals surface area contributed by atoms with Crippen LogP contribution in [0, 0.1) is 6.92 Å². The van der Waals surface area contributed by atoms with E-state index in [1.54, 1.807) is 0 Å². The van der Waals surface area contributed by atoms with Crippen molar-refractivity contribution in [1.82, 2.24) is 15.1 Å². The second-order valence-corrected chi connectivity index (χ2v) is 5.25. The number of hydrogen-bond donors (Lipinski definition) is 1. The highest BCUT2D eigenvalue weighted by Crippen LogP contribution is 2.32. The third-order valence-electron chi connectivity index (χ3n) is 3.55. The topological polar surface area (TPSA) is 48.3 Å². The molecular weight excluding hydrogens is 266 g/mol. The third kappa shape index (κ3) is 3.19. The largest absolute Gasteiger partial charge is 0.486 e. The van der Waals surface area contributed by atoms with Crippen LogP contribution in [0.15, 0.2) is 30.6 Å². The van der Waals surface area contributed by atoms with Crippen LogP contribution in [0.4, 0.5) is 0 Å². The first-order valence-electron chi connectivity index (χ1n) is 7.38. The lowest BCUT2D eigenvalue weighted by molar-refractivity contribution is 0.171. The molecule has 5 nitrogen and oxygen atoms in total. The minimum Gasteiger partial charge on any atom is -0.486 e. The number of fused-ring (bicyclic) bond motifs is 1. The summed E-state index contributed by atoms with van der Waals surface area (Å²) in [5.41, 5.74) is 2.36. The van der Waals surface area contributed by atoms with Gasteiger partial charge < -0.3 is 14.8 Å². The van der Waals surface area contributed by atoms with Gasteiger partial charge in [-0.2, -0.15) is 5.10 Å². The molecule has 0 saturated heterocycles. The summed E-state index contributed by atoms with van der Waals surface area (Å²) in [6, 6.07) is 6.35. The Bertz CT molecular complexity index is 609. The first kappa shape index (κ1) is 13.9. The Morgan fingerprint density at radius 1 is 1.29 bits per heavy atom. The van der Waals surface area contributed by atoms with Crippen LogP contribution in [0.5, 0.6) is 11.5 Å². The second kappa shape index (κ2) is 6.18. The Morgan fingerprint density at radius 3 is 2.81 bits per heavy atom. The molecule has 0 fully saturated rings. The SMILES string of the molecule is CCNC(Cn1cc(C)cn1)c1ccc2c(c1)OCCO2. The predicted octanol–water partition coefficient (Wildman–Crippen LogP) is 2.31. The molecule has 1 unspecified atom stereocenters. The molecule has 0 spiro atoms. The van der Waals surface area contributed by atoms with Gasteiger partial charge in [0.1, 0.15) is 13.2 Å². The normalized spacial score (nSPS) is 15.0. The van der Waals surface area contributed by atoms with Crippen molar-refractivity contribution in [1.29, 1.82) is 0 Å². The van der Waals surface area contributed by atoms with E-state index in [2.05, 4.69) is 42.6 Å². The maximum Gasteiger partial charge on any atom is 0.161 e. The number of hydrogen-bond acceptors (Lipinski definition) is 4. The first-order valence-corrected chi connectivity index (χ1v) is 7.38. The Balaban J connectivity index is 1.82.